The van der Waals surface area contributed by atoms with E-state index in [1.165, 1.54) is 26.0 Å². The summed E-state index contributed by atoms with van der Waals surface area (Å²) in [7, 11) is 4.61. The summed E-state index contributed by atoms with van der Waals surface area (Å²) >= 11 is 7.45. The van der Waals surface area contributed by atoms with Gasteiger partial charge in [-0.2, -0.15) is 0 Å². The normalized spacial score (nSPS) is 10.6. The molecule has 1 heterocycles. The van der Waals surface area contributed by atoms with Gasteiger partial charge in [-0.1, -0.05) is 29.4 Å². The molecule has 202 valence electrons. The van der Waals surface area contributed by atoms with E-state index in [1.807, 2.05) is 6.07 Å². The smallest absolute Gasteiger partial charge is 0.251 e. The van der Waals surface area contributed by atoms with E-state index in [0.717, 1.165) is 0 Å². The SMILES string of the molecule is COc1ccc(NC(=O)CSc2nnc(CNC(=O)c3ccc(OC)c(OC)c3)n2-c2cccc(Cl)c2)cc1. The van der Waals surface area contributed by atoms with Crippen LogP contribution in [0.4, 0.5) is 5.69 Å². The first-order valence-electron chi connectivity index (χ1n) is 11.7. The summed E-state index contributed by atoms with van der Waals surface area (Å²) < 4.78 is 17.4. The summed E-state index contributed by atoms with van der Waals surface area (Å²) in [6.45, 7) is 0.0747. The van der Waals surface area contributed by atoms with Gasteiger partial charge in [0.15, 0.2) is 22.5 Å². The van der Waals surface area contributed by atoms with E-state index in [4.69, 9.17) is 25.8 Å². The number of hydrogen-bond acceptors (Lipinski definition) is 8. The Morgan fingerprint density at radius 3 is 2.38 bits per heavy atom. The molecule has 0 aliphatic heterocycles. The summed E-state index contributed by atoms with van der Waals surface area (Å²) in [5.41, 5.74) is 1.74. The number of ether oxygens (including phenoxy) is 3. The highest BCUT2D eigenvalue weighted by molar-refractivity contribution is 7.99. The van der Waals surface area contributed by atoms with Crippen LogP contribution in [0.2, 0.25) is 5.02 Å². The van der Waals surface area contributed by atoms with Crippen molar-refractivity contribution >= 4 is 40.9 Å². The first-order valence-corrected chi connectivity index (χ1v) is 13.1. The molecule has 0 fully saturated rings. The third-order valence-electron chi connectivity index (χ3n) is 5.53. The van der Waals surface area contributed by atoms with Gasteiger partial charge in [0.1, 0.15) is 5.75 Å². The summed E-state index contributed by atoms with van der Waals surface area (Å²) in [4.78, 5) is 25.5. The van der Waals surface area contributed by atoms with Crippen LogP contribution in [0.1, 0.15) is 16.2 Å². The van der Waals surface area contributed by atoms with Crippen LogP contribution in [0.3, 0.4) is 0 Å². The topological polar surface area (TPSA) is 117 Å². The van der Waals surface area contributed by atoms with Gasteiger partial charge in [-0.25, -0.2) is 0 Å². The molecule has 0 spiro atoms. The molecule has 2 N–H and O–H groups in total. The zero-order valence-electron chi connectivity index (χ0n) is 21.4. The largest absolute Gasteiger partial charge is 0.497 e. The van der Waals surface area contributed by atoms with Gasteiger partial charge in [0.05, 0.1) is 39.3 Å². The second-order valence-electron chi connectivity index (χ2n) is 8.03. The first-order chi connectivity index (χ1) is 18.9. The third kappa shape index (κ3) is 7.01. The van der Waals surface area contributed by atoms with Crippen LogP contribution in [-0.2, 0) is 11.3 Å². The molecule has 1 aromatic heterocycles. The lowest BCUT2D eigenvalue weighted by Crippen LogP contribution is -2.24. The van der Waals surface area contributed by atoms with E-state index in [1.54, 1.807) is 72.3 Å². The Morgan fingerprint density at radius 1 is 0.923 bits per heavy atom. The standard InChI is InChI=1S/C27H26ClN5O5S/c1-36-21-10-8-19(9-11-21)30-25(34)16-39-27-32-31-24(33(27)20-6-4-5-18(28)14-20)15-29-26(35)17-7-12-22(37-2)23(13-17)38-3/h4-14H,15-16H2,1-3H3,(H,29,35)(H,30,34). The highest BCUT2D eigenvalue weighted by Gasteiger charge is 2.18. The predicted molar refractivity (Wildman–Crippen MR) is 149 cm³/mol. The number of anilines is 1. The van der Waals surface area contributed by atoms with E-state index < -0.39 is 0 Å². The Labute approximate surface area is 234 Å². The van der Waals surface area contributed by atoms with Crippen LogP contribution in [0.5, 0.6) is 17.2 Å². The number of methoxy groups -OCH3 is 3. The summed E-state index contributed by atoms with van der Waals surface area (Å²) in [6, 6.07) is 19.1. The van der Waals surface area contributed by atoms with E-state index in [9.17, 15) is 9.59 Å². The van der Waals surface area contributed by atoms with Crippen LogP contribution in [0, 0.1) is 0 Å². The van der Waals surface area contributed by atoms with Crippen LogP contribution >= 0.6 is 23.4 Å². The number of nitrogens with one attached hydrogen (secondary N) is 2. The van der Waals surface area contributed by atoms with Crippen molar-refractivity contribution in [2.24, 2.45) is 0 Å². The van der Waals surface area contributed by atoms with Gasteiger partial charge < -0.3 is 24.8 Å². The quantitative estimate of drug-likeness (QED) is 0.252. The van der Waals surface area contributed by atoms with Crippen molar-refractivity contribution in [2.75, 3.05) is 32.4 Å². The number of thioether (sulfide) groups is 1. The zero-order chi connectivity index (χ0) is 27.8. The first kappa shape index (κ1) is 27.8. The Morgan fingerprint density at radius 2 is 1.69 bits per heavy atom. The highest BCUT2D eigenvalue weighted by Crippen LogP contribution is 2.28. The van der Waals surface area contributed by atoms with E-state index >= 15 is 0 Å². The number of halogens is 1. The maximum Gasteiger partial charge on any atom is 0.251 e. The van der Waals surface area contributed by atoms with Crippen molar-refractivity contribution in [2.45, 2.75) is 11.7 Å². The van der Waals surface area contributed by atoms with Crippen LogP contribution in [0.15, 0.2) is 71.9 Å². The Hall–Kier alpha value is -4.22. The average molecular weight is 568 g/mol. The monoisotopic (exact) mass is 567 g/mol. The summed E-state index contributed by atoms with van der Waals surface area (Å²) in [6.07, 6.45) is 0. The van der Waals surface area contributed by atoms with Gasteiger partial charge in [0.2, 0.25) is 5.91 Å². The second kappa shape index (κ2) is 13.0. The molecule has 39 heavy (non-hydrogen) atoms. The molecule has 10 nitrogen and oxygen atoms in total. The molecule has 0 aliphatic rings. The fourth-order valence-corrected chi connectivity index (χ4v) is 4.58. The van der Waals surface area contributed by atoms with E-state index in [0.29, 0.717) is 50.2 Å². The maximum absolute atomic E-state index is 12.9. The number of carbonyl (C=O) groups excluding carboxylic acids is 2. The number of carbonyl (C=O) groups is 2. The molecule has 4 aromatic rings. The van der Waals surface area contributed by atoms with Crippen molar-refractivity contribution in [1.29, 1.82) is 0 Å². The molecular formula is C27H26ClN5O5S. The number of nitrogens with zero attached hydrogens (tertiary/aromatic N) is 3. The fraction of sp³-hybridized carbons (Fsp3) is 0.185. The van der Waals surface area contributed by atoms with Crippen LogP contribution < -0.4 is 24.8 Å². The summed E-state index contributed by atoms with van der Waals surface area (Å²) in [5.74, 6) is 1.67. The van der Waals surface area contributed by atoms with Crippen molar-refractivity contribution in [1.82, 2.24) is 20.1 Å². The molecule has 0 saturated heterocycles. The average Bonchev–Trinajstić information content (AvgIpc) is 3.37. The van der Waals surface area contributed by atoms with Crippen molar-refractivity contribution in [3.63, 3.8) is 0 Å². The molecular weight excluding hydrogens is 542 g/mol. The fourth-order valence-electron chi connectivity index (χ4n) is 3.62. The van der Waals surface area contributed by atoms with Gasteiger partial charge in [-0.15, -0.1) is 10.2 Å². The van der Waals surface area contributed by atoms with Crippen molar-refractivity contribution in [3.05, 3.63) is 83.1 Å². The lowest BCUT2D eigenvalue weighted by molar-refractivity contribution is -0.113. The van der Waals surface area contributed by atoms with E-state index in [-0.39, 0.29) is 24.1 Å². The van der Waals surface area contributed by atoms with Gasteiger partial charge >= 0.3 is 0 Å². The minimum Gasteiger partial charge on any atom is -0.497 e. The Kier molecular flexibility index (Phi) is 9.29. The van der Waals surface area contributed by atoms with Crippen LogP contribution in [-0.4, -0.2) is 53.7 Å². The minimum absolute atomic E-state index is 0.0747. The van der Waals surface area contributed by atoms with Crippen molar-refractivity contribution in [3.8, 4) is 22.9 Å². The van der Waals surface area contributed by atoms with E-state index in [2.05, 4.69) is 20.8 Å². The van der Waals surface area contributed by atoms with Crippen LogP contribution in [0.25, 0.3) is 5.69 Å². The molecule has 0 atom stereocenters. The lowest BCUT2D eigenvalue weighted by Gasteiger charge is -2.12. The predicted octanol–water partition coefficient (Wildman–Crippen LogP) is 4.61. The molecule has 4 rings (SSSR count). The molecule has 3 aromatic carbocycles. The number of rotatable bonds is 11. The molecule has 2 amide bonds. The van der Waals surface area contributed by atoms with Gasteiger partial charge in [0.25, 0.3) is 5.91 Å². The number of amides is 2. The molecule has 0 bridgehead atoms. The van der Waals surface area contributed by atoms with Gasteiger partial charge in [-0.05, 0) is 60.7 Å². The Balaban J connectivity index is 1.49. The number of hydrogen-bond donors (Lipinski definition) is 2. The van der Waals surface area contributed by atoms with Crippen molar-refractivity contribution < 1.29 is 23.8 Å². The minimum atomic E-state index is -0.329. The number of benzene rings is 3. The summed E-state index contributed by atoms with van der Waals surface area (Å²) in [5, 5.41) is 15.2. The third-order valence-corrected chi connectivity index (χ3v) is 6.69. The maximum atomic E-state index is 12.9. The highest BCUT2D eigenvalue weighted by atomic mass is 35.5. The lowest BCUT2D eigenvalue weighted by atomic mass is 10.2. The second-order valence-corrected chi connectivity index (χ2v) is 9.41. The molecule has 0 unspecified atom stereocenters. The number of aromatic nitrogens is 3. The van der Waals surface area contributed by atoms with Gasteiger partial charge in [0, 0.05) is 16.3 Å². The van der Waals surface area contributed by atoms with Gasteiger partial charge in [-0.3, -0.25) is 14.2 Å². The molecule has 0 radical (unpaired) electrons. The molecule has 0 saturated carbocycles. The molecule has 0 aliphatic carbocycles. The molecule has 12 heteroatoms. The Bertz CT molecular complexity index is 1460. The zero-order valence-corrected chi connectivity index (χ0v) is 23.0.